The third-order valence-corrected chi connectivity index (χ3v) is 3.55. The van der Waals surface area contributed by atoms with Crippen molar-refractivity contribution < 1.29 is 4.74 Å². The van der Waals surface area contributed by atoms with E-state index in [1.807, 2.05) is 0 Å². The molecular formula is C17H30N2O. The van der Waals surface area contributed by atoms with Gasteiger partial charge in [-0.05, 0) is 37.9 Å². The largest absolute Gasteiger partial charge is 0.383 e. The van der Waals surface area contributed by atoms with Crippen molar-refractivity contribution in [1.29, 1.82) is 0 Å². The fraction of sp³-hybridized carbons (Fsp3) is 0.647. The quantitative estimate of drug-likeness (QED) is 0.790. The zero-order chi connectivity index (χ0) is 15.1. The summed E-state index contributed by atoms with van der Waals surface area (Å²) < 4.78 is 5.27. The van der Waals surface area contributed by atoms with Gasteiger partial charge in [0.1, 0.15) is 0 Å². The summed E-state index contributed by atoms with van der Waals surface area (Å²) in [6.07, 6.45) is 0. The molecule has 1 N–H and O–H groups in total. The molecule has 1 aromatic rings. The van der Waals surface area contributed by atoms with Gasteiger partial charge in [0.15, 0.2) is 0 Å². The van der Waals surface area contributed by atoms with Gasteiger partial charge in [0, 0.05) is 32.4 Å². The fourth-order valence-corrected chi connectivity index (χ4v) is 2.29. The minimum atomic E-state index is 0.367. The number of nitrogens with one attached hydrogen (secondary N) is 1. The van der Waals surface area contributed by atoms with Crippen molar-refractivity contribution in [3.8, 4) is 0 Å². The minimum absolute atomic E-state index is 0.367. The normalized spacial score (nSPS) is 12.8. The number of ether oxygens (including phenoxy) is 1. The maximum Gasteiger partial charge on any atom is 0.0663 e. The van der Waals surface area contributed by atoms with E-state index in [0.717, 1.165) is 19.7 Å². The zero-order valence-electron chi connectivity index (χ0n) is 13.9. The van der Waals surface area contributed by atoms with Gasteiger partial charge in [0.2, 0.25) is 0 Å². The zero-order valence-corrected chi connectivity index (χ0v) is 13.9. The highest BCUT2D eigenvalue weighted by Crippen LogP contribution is 2.23. The Morgan fingerprint density at radius 2 is 1.95 bits per heavy atom. The Balaban J connectivity index is 2.83. The molecule has 0 bridgehead atoms. The number of hydrogen-bond acceptors (Lipinski definition) is 3. The van der Waals surface area contributed by atoms with E-state index < -0.39 is 0 Å². The molecule has 1 rings (SSSR count). The molecule has 20 heavy (non-hydrogen) atoms. The Bertz CT molecular complexity index is 404. The molecule has 0 heterocycles. The van der Waals surface area contributed by atoms with Crippen LogP contribution in [-0.2, 0) is 11.3 Å². The first-order valence-corrected chi connectivity index (χ1v) is 7.47. The van der Waals surface area contributed by atoms with E-state index in [0.29, 0.717) is 12.0 Å². The molecule has 0 fully saturated rings. The summed E-state index contributed by atoms with van der Waals surface area (Å²) in [6.45, 7) is 11.5. The molecule has 0 aliphatic rings. The van der Waals surface area contributed by atoms with Crippen molar-refractivity contribution in [2.75, 3.05) is 32.2 Å². The van der Waals surface area contributed by atoms with E-state index in [2.05, 4.69) is 63.2 Å². The number of nitrogens with zero attached hydrogens (tertiary/aromatic N) is 1. The van der Waals surface area contributed by atoms with Gasteiger partial charge >= 0.3 is 0 Å². The Kier molecular flexibility index (Phi) is 7.03. The van der Waals surface area contributed by atoms with Crippen molar-refractivity contribution in [3.05, 3.63) is 29.3 Å². The molecule has 0 saturated heterocycles. The monoisotopic (exact) mass is 278 g/mol. The summed E-state index contributed by atoms with van der Waals surface area (Å²) in [4.78, 5) is 2.30. The first kappa shape index (κ1) is 17.0. The summed E-state index contributed by atoms with van der Waals surface area (Å²) in [5, 5.41) is 3.54. The molecule has 1 unspecified atom stereocenters. The number of hydrogen-bond donors (Lipinski definition) is 1. The third kappa shape index (κ3) is 5.14. The lowest BCUT2D eigenvalue weighted by molar-refractivity contribution is 0.183. The second kappa shape index (κ2) is 8.28. The lowest BCUT2D eigenvalue weighted by atomic mass is 10.1. The Morgan fingerprint density at radius 1 is 1.25 bits per heavy atom. The van der Waals surface area contributed by atoms with Crippen LogP contribution in [0.2, 0.25) is 0 Å². The van der Waals surface area contributed by atoms with E-state index in [9.17, 15) is 0 Å². The van der Waals surface area contributed by atoms with E-state index in [4.69, 9.17) is 4.74 Å². The maximum absolute atomic E-state index is 5.27. The van der Waals surface area contributed by atoms with Crippen LogP contribution in [0.3, 0.4) is 0 Å². The van der Waals surface area contributed by atoms with E-state index in [-0.39, 0.29) is 0 Å². The van der Waals surface area contributed by atoms with Crippen molar-refractivity contribution in [1.82, 2.24) is 5.32 Å². The molecule has 0 amide bonds. The number of methoxy groups -OCH3 is 1. The highest BCUT2D eigenvalue weighted by atomic mass is 16.5. The molecular weight excluding hydrogens is 248 g/mol. The van der Waals surface area contributed by atoms with Gasteiger partial charge in [0.05, 0.1) is 6.61 Å². The molecule has 0 aliphatic carbocycles. The van der Waals surface area contributed by atoms with E-state index in [1.54, 1.807) is 7.11 Å². The molecule has 0 spiro atoms. The standard InChI is InChI=1S/C17H30N2O/c1-13(2)10-18-11-16-9-14(3)7-8-17(16)19(5)15(4)12-20-6/h7-9,13,15,18H,10-12H2,1-6H3. The van der Waals surface area contributed by atoms with Crippen LogP contribution in [0, 0.1) is 12.8 Å². The van der Waals surface area contributed by atoms with Crippen LogP contribution in [0.25, 0.3) is 0 Å². The molecule has 1 atom stereocenters. The number of benzene rings is 1. The average molecular weight is 278 g/mol. The van der Waals surface area contributed by atoms with Crippen LogP contribution in [0.4, 0.5) is 5.69 Å². The Morgan fingerprint density at radius 3 is 2.55 bits per heavy atom. The second-order valence-corrected chi connectivity index (χ2v) is 6.07. The highest BCUT2D eigenvalue weighted by molar-refractivity contribution is 5.55. The van der Waals surface area contributed by atoms with Gasteiger partial charge in [-0.2, -0.15) is 0 Å². The molecule has 114 valence electrons. The summed E-state index contributed by atoms with van der Waals surface area (Å²) in [7, 11) is 3.89. The first-order chi connectivity index (χ1) is 9.45. The summed E-state index contributed by atoms with van der Waals surface area (Å²) >= 11 is 0. The summed E-state index contributed by atoms with van der Waals surface area (Å²) in [6, 6.07) is 7.04. The van der Waals surface area contributed by atoms with Crippen LogP contribution in [0.1, 0.15) is 31.9 Å². The van der Waals surface area contributed by atoms with Crippen molar-refractivity contribution in [2.45, 2.75) is 40.3 Å². The summed E-state index contributed by atoms with van der Waals surface area (Å²) in [5.74, 6) is 0.674. The fourth-order valence-electron chi connectivity index (χ4n) is 2.29. The molecule has 3 heteroatoms. The second-order valence-electron chi connectivity index (χ2n) is 6.07. The molecule has 3 nitrogen and oxygen atoms in total. The van der Waals surface area contributed by atoms with Crippen molar-refractivity contribution in [3.63, 3.8) is 0 Å². The van der Waals surface area contributed by atoms with Gasteiger partial charge < -0.3 is 15.0 Å². The van der Waals surface area contributed by atoms with Gasteiger partial charge in [0.25, 0.3) is 0 Å². The molecule has 0 aromatic heterocycles. The van der Waals surface area contributed by atoms with Crippen LogP contribution in [0.5, 0.6) is 0 Å². The average Bonchev–Trinajstić information content (AvgIpc) is 2.38. The predicted octanol–water partition coefficient (Wildman–Crippen LogP) is 3.21. The van der Waals surface area contributed by atoms with Crippen molar-refractivity contribution in [2.24, 2.45) is 5.92 Å². The first-order valence-electron chi connectivity index (χ1n) is 7.47. The predicted molar refractivity (Wildman–Crippen MR) is 87.5 cm³/mol. The number of rotatable bonds is 8. The lowest BCUT2D eigenvalue weighted by Gasteiger charge is -2.29. The molecule has 0 radical (unpaired) electrons. The van der Waals surface area contributed by atoms with Crippen molar-refractivity contribution >= 4 is 5.69 Å². The van der Waals surface area contributed by atoms with Crippen LogP contribution < -0.4 is 10.2 Å². The number of anilines is 1. The Labute approximate surface area is 124 Å². The van der Waals surface area contributed by atoms with E-state index >= 15 is 0 Å². The topological polar surface area (TPSA) is 24.5 Å². The van der Waals surface area contributed by atoms with Gasteiger partial charge in [-0.1, -0.05) is 31.5 Å². The van der Waals surface area contributed by atoms with Gasteiger partial charge in [-0.3, -0.25) is 0 Å². The third-order valence-electron chi connectivity index (χ3n) is 3.55. The van der Waals surface area contributed by atoms with Gasteiger partial charge in [-0.25, -0.2) is 0 Å². The van der Waals surface area contributed by atoms with E-state index in [1.165, 1.54) is 16.8 Å². The smallest absolute Gasteiger partial charge is 0.0663 e. The number of aryl methyl sites for hydroxylation is 1. The Hall–Kier alpha value is -1.06. The van der Waals surface area contributed by atoms with Crippen LogP contribution in [-0.4, -0.2) is 33.4 Å². The van der Waals surface area contributed by atoms with Gasteiger partial charge in [-0.15, -0.1) is 0 Å². The van der Waals surface area contributed by atoms with Crippen LogP contribution >= 0.6 is 0 Å². The maximum atomic E-state index is 5.27. The SMILES string of the molecule is COCC(C)N(C)c1ccc(C)cc1CNCC(C)C. The lowest BCUT2D eigenvalue weighted by Crippen LogP contribution is -2.33. The molecule has 0 aliphatic heterocycles. The molecule has 1 aromatic carbocycles. The minimum Gasteiger partial charge on any atom is -0.383 e. The molecule has 0 saturated carbocycles. The van der Waals surface area contributed by atoms with Crippen LogP contribution in [0.15, 0.2) is 18.2 Å². The summed E-state index contributed by atoms with van der Waals surface area (Å²) in [5.41, 5.74) is 3.95. The highest BCUT2D eigenvalue weighted by Gasteiger charge is 2.13. The number of likely N-dealkylation sites (N-methyl/N-ethyl adjacent to an activating group) is 1.